The molecule has 0 spiro atoms. The molecule has 0 N–H and O–H groups in total. The van der Waals surface area contributed by atoms with Crippen LogP contribution in [-0.2, 0) is 6.42 Å². The fourth-order valence-corrected chi connectivity index (χ4v) is 1.94. The van der Waals surface area contributed by atoms with E-state index in [1.54, 1.807) is 6.07 Å². The van der Waals surface area contributed by atoms with Crippen molar-refractivity contribution in [3.8, 4) is 11.8 Å². The van der Waals surface area contributed by atoms with Gasteiger partial charge in [-0.1, -0.05) is 18.2 Å². The van der Waals surface area contributed by atoms with Gasteiger partial charge >= 0.3 is 0 Å². The molecule has 0 aromatic heterocycles. The molecular weight excluding hydrogens is 267 g/mol. The molecule has 0 amide bonds. The van der Waals surface area contributed by atoms with Crippen molar-refractivity contribution >= 4 is 5.69 Å². The number of hydrogen-bond acceptors (Lipinski definition) is 3. The molecule has 0 atom stereocenters. The minimum Gasteiger partial charge on any atom is -0.492 e. The zero-order valence-corrected chi connectivity index (χ0v) is 11.9. The number of ether oxygens (including phenoxy) is 1. The molecule has 0 radical (unpaired) electrons. The summed E-state index contributed by atoms with van der Waals surface area (Å²) in [6, 6.07) is 16.1. The van der Waals surface area contributed by atoms with Gasteiger partial charge in [-0.05, 0) is 35.9 Å². The molecule has 3 nitrogen and oxygen atoms in total. The van der Waals surface area contributed by atoms with E-state index in [1.165, 1.54) is 12.1 Å². The van der Waals surface area contributed by atoms with E-state index in [-0.39, 0.29) is 5.82 Å². The number of likely N-dealkylation sites (N-methyl/N-ethyl adjacent to an activating group) is 1. The molecule has 2 rings (SSSR count). The van der Waals surface area contributed by atoms with Gasteiger partial charge in [0.15, 0.2) is 0 Å². The summed E-state index contributed by atoms with van der Waals surface area (Å²) in [5.41, 5.74) is 1.80. The van der Waals surface area contributed by atoms with Crippen molar-refractivity contribution in [2.45, 2.75) is 6.42 Å². The predicted octanol–water partition coefficient (Wildman–Crippen LogP) is 3.41. The summed E-state index contributed by atoms with van der Waals surface area (Å²) in [7, 11) is 1.90. The molecule has 2 aromatic rings. The van der Waals surface area contributed by atoms with Crippen LogP contribution in [0.15, 0.2) is 48.5 Å². The lowest BCUT2D eigenvalue weighted by Crippen LogP contribution is -2.23. The first-order valence-corrected chi connectivity index (χ1v) is 6.74. The minimum atomic E-state index is -0.242. The van der Waals surface area contributed by atoms with E-state index in [0.717, 1.165) is 17.0 Å². The Labute approximate surface area is 124 Å². The highest BCUT2D eigenvalue weighted by molar-refractivity contribution is 5.45. The lowest BCUT2D eigenvalue weighted by Gasteiger charge is -2.19. The lowest BCUT2D eigenvalue weighted by molar-refractivity contribution is 0.326. The third-order valence-electron chi connectivity index (χ3n) is 3.15. The van der Waals surface area contributed by atoms with Crippen molar-refractivity contribution < 1.29 is 9.13 Å². The molecule has 4 heteroatoms. The molecule has 0 saturated carbocycles. The maximum absolute atomic E-state index is 13.1. The molecule has 0 unspecified atom stereocenters. The monoisotopic (exact) mass is 284 g/mol. The highest BCUT2D eigenvalue weighted by atomic mass is 19.1. The smallest absolute Gasteiger partial charge is 0.125 e. The van der Waals surface area contributed by atoms with Crippen LogP contribution in [0.1, 0.15) is 5.56 Å². The van der Waals surface area contributed by atoms with E-state index < -0.39 is 0 Å². The molecule has 0 bridgehead atoms. The zero-order chi connectivity index (χ0) is 15.1. The second-order valence-electron chi connectivity index (χ2n) is 4.73. The SMILES string of the molecule is CN(CCOc1ccc(CC#N)cc1)c1cccc(F)c1. The van der Waals surface area contributed by atoms with E-state index in [2.05, 4.69) is 6.07 Å². The summed E-state index contributed by atoms with van der Waals surface area (Å²) in [5, 5.41) is 8.61. The van der Waals surface area contributed by atoms with Gasteiger partial charge in [-0.3, -0.25) is 0 Å². The van der Waals surface area contributed by atoms with E-state index in [4.69, 9.17) is 10.00 Å². The molecule has 0 aliphatic heterocycles. The maximum Gasteiger partial charge on any atom is 0.125 e. The Morgan fingerprint density at radius 2 is 1.95 bits per heavy atom. The zero-order valence-electron chi connectivity index (χ0n) is 11.9. The number of nitriles is 1. The summed E-state index contributed by atoms with van der Waals surface area (Å²) in [6.45, 7) is 1.16. The Hall–Kier alpha value is -2.54. The van der Waals surface area contributed by atoms with Gasteiger partial charge in [-0.2, -0.15) is 5.26 Å². The van der Waals surface area contributed by atoms with Crippen molar-refractivity contribution in [1.82, 2.24) is 0 Å². The average molecular weight is 284 g/mol. The Morgan fingerprint density at radius 1 is 1.19 bits per heavy atom. The molecule has 0 heterocycles. The molecule has 2 aromatic carbocycles. The van der Waals surface area contributed by atoms with E-state index >= 15 is 0 Å². The second kappa shape index (κ2) is 7.30. The Balaban J connectivity index is 1.82. The molecule has 0 aliphatic rings. The van der Waals surface area contributed by atoms with Crippen molar-refractivity contribution in [3.63, 3.8) is 0 Å². The van der Waals surface area contributed by atoms with Crippen molar-refractivity contribution in [3.05, 3.63) is 59.9 Å². The summed E-state index contributed by atoms with van der Waals surface area (Å²) in [4.78, 5) is 1.94. The van der Waals surface area contributed by atoms with Crippen LogP contribution in [0.5, 0.6) is 5.75 Å². The molecule has 0 aliphatic carbocycles. The van der Waals surface area contributed by atoms with Crippen molar-refractivity contribution in [2.24, 2.45) is 0 Å². The number of rotatable bonds is 6. The largest absolute Gasteiger partial charge is 0.492 e. The van der Waals surface area contributed by atoms with Gasteiger partial charge in [0, 0.05) is 12.7 Å². The van der Waals surface area contributed by atoms with Gasteiger partial charge in [-0.25, -0.2) is 4.39 Å². The van der Waals surface area contributed by atoms with Crippen LogP contribution in [0.3, 0.4) is 0 Å². The Kier molecular flexibility index (Phi) is 5.16. The predicted molar refractivity (Wildman–Crippen MR) is 80.9 cm³/mol. The van der Waals surface area contributed by atoms with Crippen LogP contribution in [0, 0.1) is 17.1 Å². The topological polar surface area (TPSA) is 36.3 Å². The number of halogens is 1. The van der Waals surface area contributed by atoms with Crippen LogP contribution in [0.25, 0.3) is 0 Å². The fraction of sp³-hybridized carbons (Fsp3) is 0.235. The quantitative estimate of drug-likeness (QED) is 0.815. The van der Waals surface area contributed by atoms with E-state index in [0.29, 0.717) is 19.6 Å². The van der Waals surface area contributed by atoms with Crippen molar-refractivity contribution in [2.75, 3.05) is 25.1 Å². The fourth-order valence-electron chi connectivity index (χ4n) is 1.94. The Morgan fingerprint density at radius 3 is 2.62 bits per heavy atom. The summed E-state index contributed by atoms with van der Waals surface area (Å²) in [6.07, 6.45) is 0.405. The highest BCUT2D eigenvalue weighted by Crippen LogP contribution is 2.15. The molecular formula is C17H17FN2O. The van der Waals surface area contributed by atoms with Crippen LogP contribution >= 0.6 is 0 Å². The second-order valence-corrected chi connectivity index (χ2v) is 4.73. The lowest BCUT2D eigenvalue weighted by atomic mass is 10.2. The third-order valence-corrected chi connectivity index (χ3v) is 3.15. The first-order valence-electron chi connectivity index (χ1n) is 6.74. The number of benzene rings is 2. The average Bonchev–Trinajstić information content (AvgIpc) is 2.49. The van der Waals surface area contributed by atoms with Crippen molar-refractivity contribution in [1.29, 1.82) is 5.26 Å². The van der Waals surface area contributed by atoms with Gasteiger partial charge in [-0.15, -0.1) is 0 Å². The van der Waals surface area contributed by atoms with E-state index in [9.17, 15) is 4.39 Å². The van der Waals surface area contributed by atoms with Gasteiger partial charge in [0.2, 0.25) is 0 Å². The first kappa shape index (κ1) is 14.9. The minimum absolute atomic E-state index is 0.242. The summed E-state index contributed by atoms with van der Waals surface area (Å²) in [5.74, 6) is 0.526. The van der Waals surface area contributed by atoms with E-state index in [1.807, 2.05) is 42.3 Å². The number of hydrogen-bond donors (Lipinski definition) is 0. The van der Waals surface area contributed by atoms with Crippen LogP contribution < -0.4 is 9.64 Å². The normalized spacial score (nSPS) is 9.95. The standard InChI is InChI=1S/C17H17FN2O/c1-20(16-4-2-3-15(18)13-16)11-12-21-17-7-5-14(6-8-17)9-10-19/h2-8,13H,9,11-12H2,1H3. The van der Waals surface area contributed by atoms with Crippen LogP contribution in [-0.4, -0.2) is 20.2 Å². The first-order chi connectivity index (χ1) is 10.2. The Bertz CT molecular complexity index is 619. The number of anilines is 1. The molecule has 21 heavy (non-hydrogen) atoms. The van der Waals surface area contributed by atoms with Gasteiger partial charge < -0.3 is 9.64 Å². The molecule has 108 valence electrons. The number of nitrogens with zero attached hydrogens (tertiary/aromatic N) is 2. The molecule has 0 saturated heterocycles. The van der Waals surface area contributed by atoms with Gasteiger partial charge in [0.1, 0.15) is 18.2 Å². The van der Waals surface area contributed by atoms with Crippen LogP contribution in [0.4, 0.5) is 10.1 Å². The van der Waals surface area contributed by atoms with Gasteiger partial charge in [0.25, 0.3) is 0 Å². The molecule has 0 fully saturated rings. The maximum atomic E-state index is 13.1. The summed E-state index contributed by atoms with van der Waals surface area (Å²) >= 11 is 0. The van der Waals surface area contributed by atoms with Gasteiger partial charge in [0.05, 0.1) is 19.0 Å². The van der Waals surface area contributed by atoms with Crippen LogP contribution in [0.2, 0.25) is 0 Å². The highest BCUT2D eigenvalue weighted by Gasteiger charge is 2.02. The third kappa shape index (κ3) is 4.50. The summed E-state index contributed by atoms with van der Waals surface area (Å²) < 4.78 is 18.8.